The summed E-state index contributed by atoms with van der Waals surface area (Å²) in [6, 6.07) is 11.8. The van der Waals surface area contributed by atoms with Gasteiger partial charge >= 0.3 is 0 Å². The average molecular weight is 365 g/mol. The van der Waals surface area contributed by atoms with Crippen LogP contribution in [0.2, 0.25) is 0 Å². The number of amides is 1. The monoisotopic (exact) mass is 364 g/mol. The smallest absolute Gasteiger partial charge is 0.226 e. The summed E-state index contributed by atoms with van der Waals surface area (Å²) in [6.45, 7) is 2.51. The van der Waals surface area contributed by atoms with Crippen molar-refractivity contribution in [3.63, 3.8) is 0 Å². The molecule has 5 fully saturated rings. The summed E-state index contributed by atoms with van der Waals surface area (Å²) in [5.41, 5.74) is 8.58. The van der Waals surface area contributed by atoms with Gasteiger partial charge in [-0.05, 0) is 80.1 Å². The Bertz CT molecular complexity index is 800. The van der Waals surface area contributed by atoms with Gasteiger partial charge in [-0.1, -0.05) is 37.3 Å². The van der Waals surface area contributed by atoms with Crippen molar-refractivity contribution in [2.24, 2.45) is 27.9 Å². The number of hydrogen-bond donors (Lipinski definition) is 2. The first kappa shape index (κ1) is 16.6. The maximum Gasteiger partial charge on any atom is 0.226 e. The molecule has 3 unspecified atom stereocenters. The summed E-state index contributed by atoms with van der Waals surface area (Å²) in [4.78, 5) is 13.6. The van der Waals surface area contributed by atoms with Crippen LogP contribution < -0.4 is 11.1 Å². The van der Waals surface area contributed by atoms with E-state index in [0.717, 1.165) is 50.9 Å². The second kappa shape index (κ2) is 4.97. The van der Waals surface area contributed by atoms with Crippen LogP contribution in [0.4, 0.5) is 0 Å². The molecular weight excluding hydrogens is 332 g/mol. The molecule has 0 radical (unpaired) electrons. The lowest BCUT2D eigenvalue weighted by Crippen LogP contribution is -2.75. The third-order valence-electron chi connectivity index (χ3n) is 9.83. The topological polar surface area (TPSA) is 55.1 Å². The molecule has 144 valence electrons. The van der Waals surface area contributed by atoms with E-state index in [1.165, 1.54) is 18.4 Å². The van der Waals surface area contributed by atoms with Crippen LogP contribution in [0.15, 0.2) is 30.3 Å². The van der Waals surface area contributed by atoms with E-state index in [0.29, 0.717) is 28.8 Å². The Morgan fingerprint density at radius 3 is 2.48 bits per heavy atom. The van der Waals surface area contributed by atoms with Gasteiger partial charge in [-0.15, -0.1) is 0 Å². The predicted octanol–water partition coefficient (Wildman–Crippen LogP) is 3.91. The number of fused-ring (bicyclic) bond motifs is 1. The lowest BCUT2D eigenvalue weighted by Gasteiger charge is -2.79. The van der Waals surface area contributed by atoms with Crippen molar-refractivity contribution in [2.75, 3.05) is 0 Å². The maximum absolute atomic E-state index is 13.6. The molecule has 3 heteroatoms. The first-order valence-electron chi connectivity index (χ1n) is 11.1. The molecule has 0 aliphatic heterocycles. The highest BCUT2D eigenvalue weighted by atomic mass is 16.2. The third kappa shape index (κ3) is 1.76. The minimum atomic E-state index is -0.117. The fourth-order valence-electron chi connectivity index (χ4n) is 9.03. The molecule has 5 saturated carbocycles. The SMILES string of the molecule is C[C@]12CC3CC4(C(=O)NC5CCC(N)CC5)CC31[C@](c1ccccc1)(C4)C2. The van der Waals surface area contributed by atoms with E-state index in [4.69, 9.17) is 5.73 Å². The standard InChI is InChI=1S/C24H32N2O/c1-21-11-17-12-22(20(27)26-19-9-7-18(25)8-10-19)14-23(13-21,24(17,21)15-22)16-5-3-2-4-6-16/h2-6,17-19H,7-15,25H2,1H3,(H,26,27)/t17?,18?,19?,21-,22?,23+,24?/m1/s1. The van der Waals surface area contributed by atoms with Gasteiger partial charge in [-0.2, -0.15) is 0 Å². The van der Waals surface area contributed by atoms with Gasteiger partial charge in [0.15, 0.2) is 0 Å². The molecule has 1 amide bonds. The quantitative estimate of drug-likeness (QED) is 0.854. The van der Waals surface area contributed by atoms with Crippen LogP contribution in [-0.2, 0) is 10.2 Å². The van der Waals surface area contributed by atoms with Crippen molar-refractivity contribution < 1.29 is 4.79 Å². The van der Waals surface area contributed by atoms with Gasteiger partial charge in [0.05, 0.1) is 5.41 Å². The Balaban J connectivity index is 1.32. The van der Waals surface area contributed by atoms with Crippen LogP contribution in [0, 0.1) is 22.2 Å². The summed E-state index contributed by atoms with van der Waals surface area (Å²) in [6.07, 6.45) is 10.2. The van der Waals surface area contributed by atoms with Crippen molar-refractivity contribution in [2.45, 2.75) is 82.2 Å². The second-order valence-electron chi connectivity index (χ2n) is 11.0. The largest absolute Gasteiger partial charge is 0.353 e. The number of carbonyl (C=O) groups is 1. The van der Waals surface area contributed by atoms with Crippen LogP contribution in [0.3, 0.4) is 0 Å². The van der Waals surface area contributed by atoms with E-state index < -0.39 is 0 Å². The molecule has 5 aliphatic carbocycles. The average Bonchev–Trinajstić information content (AvgIpc) is 3.13. The van der Waals surface area contributed by atoms with Crippen LogP contribution in [0.5, 0.6) is 0 Å². The van der Waals surface area contributed by atoms with Gasteiger partial charge in [-0.25, -0.2) is 0 Å². The number of rotatable bonds is 3. The molecule has 5 aliphatic rings. The van der Waals surface area contributed by atoms with Crippen molar-refractivity contribution in [1.82, 2.24) is 5.32 Å². The van der Waals surface area contributed by atoms with Gasteiger partial charge in [0.25, 0.3) is 0 Å². The van der Waals surface area contributed by atoms with Crippen molar-refractivity contribution in [3.8, 4) is 0 Å². The summed E-state index contributed by atoms with van der Waals surface area (Å²) in [7, 11) is 0. The Morgan fingerprint density at radius 2 is 1.78 bits per heavy atom. The molecule has 0 aromatic heterocycles. The molecule has 5 atom stereocenters. The van der Waals surface area contributed by atoms with Gasteiger partial charge < -0.3 is 11.1 Å². The number of nitrogens with two attached hydrogens (primary N) is 1. The van der Waals surface area contributed by atoms with Crippen molar-refractivity contribution in [1.29, 1.82) is 0 Å². The zero-order valence-corrected chi connectivity index (χ0v) is 16.5. The minimum absolute atomic E-state index is 0.117. The van der Waals surface area contributed by atoms with Gasteiger partial charge in [-0.3, -0.25) is 4.79 Å². The number of carbonyl (C=O) groups excluding carboxylic acids is 1. The number of hydrogen-bond acceptors (Lipinski definition) is 2. The minimum Gasteiger partial charge on any atom is -0.353 e. The second-order valence-corrected chi connectivity index (χ2v) is 11.0. The number of nitrogens with one attached hydrogen (secondary N) is 1. The normalized spacial score (nSPS) is 51.9. The summed E-state index contributed by atoms with van der Waals surface area (Å²) >= 11 is 0. The molecule has 1 spiro atoms. The first-order chi connectivity index (χ1) is 12.9. The predicted molar refractivity (Wildman–Crippen MR) is 106 cm³/mol. The molecule has 1 aromatic rings. The van der Waals surface area contributed by atoms with Crippen LogP contribution in [-0.4, -0.2) is 18.0 Å². The van der Waals surface area contributed by atoms with Crippen LogP contribution in [0.25, 0.3) is 0 Å². The number of benzene rings is 1. The summed E-state index contributed by atoms with van der Waals surface area (Å²) in [5, 5.41) is 3.49. The maximum atomic E-state index is 13.6. The van der Waals surface area contributed by atoms with E-state index in [1.807, 2.05) is 0 Å². The van der Waals surface area contributed by atoms with E-state index >= 15 is 0 Å². The van der Waals surface area contributed by atoms with Gasteiger partial charge in [0, 0.05) is 17.5 Å². The molecule has 1 aromatic carbocycles. The van der Waals surface area contributed by atoms with E-state index in [1.54, 1.807) is 0 Å². The zero-order chi connectivity index (χ0) is 18.5. The third-order valence-corrected chi connectivity index (χ3v) is 9.83. The lowest BCUT2D eigenvalue weighted by molar-refractivity contribution is -0.270. The van der Waals surface area contributed by atoms with Crippen molar-refractivity contribution >= 4 is 5.91 Å². The van der Waals surface area contributed by atoms with E-state index in [-0.39, 0.29) is 10.8 Å². The van der Waals surface area contributed by atoms with Gasteiger partial charge in [0.2, 0.25) is 5.91 Å². The Morgan fingerprint density at radius 1 is 1.04 bits per heavy atom. The molecule has 3 nitrogen and oxygen atoms in total. The highest BCUT2D eigenvalue weighted by Gasteiger charge is 2.89. The first-order valence-corrected chi connectivity index (χ1v) is 11.1. The van der Waals surface area contributed by atoms with Crippen molar-refractivity contribution in [3.05, 3.63) is 35.9 Å². The molecule has 0 saturated heterocycles. The highest BCUT2D eigenvalue weighted by molar-refractivity contribution is 5.85. The molecule has 0 heterocycles. The van der Waals surface area contributed by atoms with E-state index in [2.05, 4.69) is 42.6 Å². The highest BCUT2D eigenvalue weighted by Crippen LogP contribution is 2.93. The lowest BCUT2D eigenvalue weighted by atomic mass is 9.24. The fraction of sp³-hybridized carbons (Fsp3) is 0.708. The Kier molecular flexibility index (Phi) is 3.06. The summed E-state index contributed by atoms with van der Waals surface area (Å²) in [5.74, 6) is 1.13. The zero-order valence-electron chi connectivity index (χ0n) is 16.5. The molecule has 2 bridgehead atoms. The Hall–Kier alpha value is -1.35. The van der Waals surface area contributed by atoms with Gasteiger partial charge in [0.1, 0.15) is 0 Å². The Labute approximate surface area is 162 Å². The molecule has 3 N–H and O–H groups in total. The molecule has 27 heavy (non-hydrogen) atoms. The molecular formula is C24H32N2O. The van der Waals surface area contributed by atoms with Crippen LogP contribution >= 0.6 is 0 Å². The summed E-state index contributed by atoms with van der Waals surface area (Å²) < 4.78 is 0. The molecule has 6 rings (SSSR count). The fourth-order valence-corrected chi connectivity index (χ4v) is 9.03. The van der Waals surface area contributed by atoms with E-state index in [9.17, 15) is 4.79 Å². The van der Waals surface area contributed by atoms with Crippen LogP contribution in [0.1, 0.15) is 70.3 Å².